The van der Waals surface area contributed by atoms with Crippen LogP contribution in [-0.2, 0) is 18.3 Å². The largest absolute Gasteiger partial charge is 0.281 e. The first kappa shape index (κ1) is 24.1. The minimum absolute atomic E-state index is 0.207. The van der Waals surface area contributed by atoms with E-state index in [1.54, 1.807) is 34.0 Å². The Bertz CT molecular complexity index is 1730. The molecule has 1 unspecified atom stereocenters. The molecule has 0 fully saturated rings. The molecule has 1 N–H and O–H groups in total. The second kappa shape index (κ2) is 10.3. The van der Waals surface area contributed by atoms with E-state index in [0.717, 1.165) is 46.9 Å². The maximum Gasteiger partial charge on any atom is 0.137 e. The van der Waals surface area contributed by atoms with Gasteiger partial charge in [-0.25, -0.2) is 9.67 Å². The van der Waals surface area contributed by atoms with Gasteiger partial charge in [-0.2, -0.15) is 10.2 Å². The molecule has 0 saturated carbocycles. The number of H-pyrrole nitrogens is 1. The fourth-order valence-corrected chi connectivity index (χ4v) is 7.15. The SMILES string of the molecule is C1=CC(c2ccccc2)(c2cncs2)Cc2[nH]nc(-c3cscn3)c21.C1=Cc2cnn(-c3cncs3)c2CC1. The van der Waals surface area contributed by atoms with Crippen molar-refractivity contribution in [3.8, 4) is 16.4 Å². The third kappa shape index (κ3) is 4.40. The molecule has 0 bridgehead atoms. The van der Waals surface area contributed by atoms with Crippen LogP contribution in [0.2, 0.25) is 0 Å². The van der Waals surface area contributed by atoms with Gasteiger partial charge in [0.1, 0.15) is 16.4 Å². The first-order chi connectivity index (χ1) is 19.3. The van der Waals surface area contributed by atoms with Crippen LogP contribution in [0.1, 0.15) is 39.4 Å². The van der Waals surface area contributed by atoms with Crippen LogP contribution in [0.15, 0.2) is 83.0 Å². The van der Waals surface area contributed by atoms with Gasteiger partial charge in [-0.15, -0.1) is 34.0 Å². The summed E-state index contributed by atoms with van der Waals surface area (Å²) in [6.07, 6.45) is 17.6. The smallest absolute Gasteiger partial charge is 0.137 e. The van der Waals surface area contributed by atoms with Crippen LogP contribution in [0.3, 0.4) is 0 Å². The molecule has 5 heterocycles. The van der Waals surface area contributed by atoms with Crippen molar-refractivity contribution in [2.45, 2.75) is 24.7 Å². The van der Waals surface area contributed by atoms with Gasteiger partial charge in [0.2, 0.25) is 0 Å². The average molecular weight is 566 g/mol. The van der Waals surface area contributed by atoms with Crippen molar-refractivity contribution in [1.82, 2.24) is 34.9 Å². The van der Waals surface area contributed by atoms with Crippen molar-refractivity contribution in [1.29, 1.82) is 0 Å². The molecule has 2 aliphatic carbocycles. The predicted molar refractivity (Wildman–Crippen MR) is 158 cm³/mol. The molecule has 7 nitrogen and oxygen atoms in total. The van der Waals surface area contributed by atoms with Gasteiger partial charge in [-0.1, -0.05) is 54.6 Å². The summed E-state index contributed by atoms with van der Waals surface area (Å²) in [5, 5.41) is 15.3. The molecule has 39 heavy (non-hydrogen) atoms. The van der Waals surface area contributed by atoms with E-state index in [9.17, 15) is 0 Å². The van der Waals surface area contributed by atoms with E-state index in [1.807, 2.05) is 45.2 Å². The summed E-state index contributed by atoms with van der Waals surface area (Å²) in [4.78, 5) is 14.0. The second-order valence-corrected chi connectivity index (χ2v) is 11.8. The topological polar surface area (TPSA) is 85.2 Å². The van der Waals surface area contributed by atoms with Crippen molar-refractivity contribution >= 4 is 46.2 Å². The standard InChI is InChI=1S/C19H14N4S2.C10H9N3S/c1-2-4-13(5-3-1)19(17-9-20-11-25-17)7-6-14-15(8-19)22-23-18(14)16-10-24-12-21-16;1-2-4-9-8(3-1)5-12-13(9)10-6-11-7-14-10/h1-7,9-12H,8H2,(H,22,23);1,3,5-7H,2,4H2. The third-order valence-corrected chi connectivity index (χ3v) is 9.37. The highest BCUT2D eigenvalue weighted by atomic mass is 32.1. The van der Waals surface area contributed by atoms with E-state index < -0.39 is 0 Å². The van der Waals surface area contributed by atoms with Crippen molar-refractivity contribution in [3.63, 3.8) is 0 Å². The highest BCUT2D eigenvalue weighted by Crippen LogP contribution is 2.44. The fraction of sp³-hybridized carbons (Fsp3) is 0.138. The van der Waals surface area contributed by atoms with Crippen LogP contribution in [0.4, 0.5) is 0 Å². The molecule has 6 aromatic rings. The van der Waals surface area contributed by atoms with Gasteiger partial charge in [0.05, 0.1) is 40.0 Å². The number of hydrogen-bond donors (Lipinski definition) is 1. The molecular formula is C29H23N7S3. The van der Waals surface area contributed by atoms with E-state index in [4.69, 9.17) is 0 Å². The summed E-state index contributed by atoms with van der Waals surface area (Å²) in [5.74, 6) is 0. The summed E-state index contributed by atoms with van der Waals surface area (Å²) in [7, 11) is 0. The Morgan fingerprint density at radius 1 is 0.949 bits per heavy atom. The number of nitrogens with one attached hydrogen (secondary N) is 1. The van der Waals surface area contributed by atoms with E-state index in [-0.39, 0.29) is 5.41 Å². The molecule has 1 atom stereocenters. The lowest BCUT2D eigenvalue weighted by Crippen LogP contribution is -2.29. The number of hydrogen-bond acceptors (Lipinski definition) is 8. The molecule has 2 aliphatic rings. The zero-order chi connectivity index (χ0) is 26.1. The lowest BCUT2D eigenvalue weighted by Gasteiger charge is -2.32. The highest BCUT2D eigenvalue weighted by Gasteiger charge is 2.37. The summed E-state index contributed by atoms with van der Waals surface area (Å²) in [5.41, 5.74) is 13.3. The minimum Gasteiger partial charge on any atom is -0.281 e. The van der Waals surface area contributed by atoms with Crippen LogP contribution in [0.5, 0.6) is 0 Å². The monoisotopic (exact) mass is 565 g/mol. The predicted octanol–water partition coefficient (Wildman–Crippen LogP) is 6.83. The van der Waals surface area contributed by atoms with Gasteiger partial charge in [0.15, 0.2) is 0 Å². The fourth-order valence-electron chi connectivity index (χ4n) is 5.18. The number of rotatable bonds is 4. The van der Waals surface area contributed by atoms with Gasteiger partial charge in [0, 0.05) is 39.7 Å². The number of benzene rings is 1. The Morgan fingerprint density at radius 3 is 2.64 bits per heavy atom. The summed E-state index contributed by atoms with van der Waals surface area (Å²) < 4.78 is 2.00. The van der Waals surface area contributed by atoms with Gasteiger partial charge in [-0.3, -0.25) is 15.1 Å². The molecule has 0 saturated heterocycles. The number of thiazole rings is 3. The zero-order valence-electron chi connectivity index (χ0n) is 20.8. The molecule has 5 aromatic heterocycles. The Morgan fingerprint density at radius 2 is 1.85 bits per heavy atom. The summed E-state index contributed by atoms with van der Waals surface area (Å²) >= 11 is 4.90. The summed E-state index contributed by atoms with van der Waals surface area (Å²) in [6.45, 7) is 0. The van der Waals surface area contributed by atoms with Gasteiger partial charge in [0.25, 0.3) is 0 Å². The Kier molecular flexibility index (Phi) is 6.35. The molecule has 192 valence electrons. The van der Waals surface area contributed by atoms with Crippen LogP contribution in [-0.4, -0.2) is 34.9 Å². The third-order valence-electron chi connectivity index (χ3n) is 7.08. The van der Waals surface area contributed by atoms with E-state index in [1.165, 1.54) is 21.7 Å². The van der Waals surface area contributed by atoms with Crippen molar-refractivity contribution in [2.24, 2.45) is 0 Å². The van der Waals surface area contributed by atoms with Crippen molar-refractivity contribution in [3.05, 3.63) is 116 Å². The number of aromatic nitrogens is 7. The molecule has 0 radical (unpaired) electrons. The first-order valence-electron chi connectivity index (χ1n) is 12.5. The van der Waals surface area contributed by atoms with Crippen molar-refractivity contribution in [2.75, 3.05) is 0 Å². The van der Waals surface area contributed by atoms with Gasteiger partial charge >= 0.3 is 0 Å². The lowest BCUT2D eigenvalue weighted by atomic mass is 9.72. The maximum atomic E-state index is 4.54. The van der Waals surface area contributed by atoms with Crippen LogP contribution >= 0.6 is 34.0 Å². The average Bonchev–Trinajstić information content (AvgIpc) is 3.81. The molecule has 0 spiro atoms. The number of fused-ring (bicyclic) bond motifs is 2. The molecule has 10 heteroatoms. The number of allylic oxidation sites excluding steroid dienone is 2. The molecule has 0 amide bonds. The Hall–Kier alpha value is -3.99. The quantitative estimate of drug-likeness (QED) is 0.253. The van der Waals surface area contributed by atoms with Crippen LogP contribution in [0.25, 0.3) is 28.5 Å². The molecule has 1 aromatic carbocycles. The highest BCUT2D eigenvalue weighted by molar-refractivity contribution is 7.12. The maximum absolute atomic E-state index is 4.54. The minimum atomic E-state index is -0.207. The molecular weight excluding hydrogens is 543 g/mol. The second-order valence-electron chi connectivity index (χ2n) is 9.29. The Balaban J connectivity index is 0.000000153. The molecule has 0 aliphatic heterocycles. The number of nitrogens with zero attached hydrogens (tertiary/aromatic N) is 6. The van der Waals surface area contributed by atoms with Gasteiger partial charge < -0.3 is 0 Å². The zero-order valence-corrected chi connectivity index (χ0v) is 23.2. The van der Waals surface area contributed by atoms with E-state index >= 15 is 0 Å². The van der Waals surface area contributed by atoms with Crippen LogP contribution < -0.4 is 0 Å². The lowest BCUT2D eigenvalue weighted by molar-refractivity contribution is 0.631. The van der Waals surface area contributed by atoms with E-state index in [0.29, 0.717) is 0 Å². The Labute approximate surface area is 237 Å². The van der Waals surface area contributed by atoms with Crippen molar-refractivity contribution < 1.29 is 0 Å². The van der Waals surface area contributed by atoms with Crippen LogP contribution in [0, 0.1) is 0 Å². The number of aromatic amines is 1. The molecule has 8 rings (SSSR count). The normalized spacial score (nSPS) is 17.3. The first-order valence-corrected chi connectivity index (χ1v) is 15.2. The van der Waals surface area contributed by atoms with E-state index in [2.05, 4.69) is 84.9 Å². The summed E-state index contributed by atoms with van der Waals surface area (Å²) in [6, 6.07) is 10.6. The van der Waals surface area contributed by atoms with Gasteiger partial charge in [-0.05, 0) is 18.4 Å².